The summed E-state index contributed by atoms with van der Waals surface area (Å²) in [6.45, 7) is 7.73. The summed E-state index contributed by atoms with van der Waals surface area (Å²) in [6, 6.07) is 15.5. The average molecular weight is 381 g/mol. The van der Waals surface area contributed by atoms with Crippen LogP contribution in [-0.2, 0) is 0 Å². The molecule has 1 amide bonds. The molecule has 0 saturated carbocycles. The lowest BCUT2D eigenvalue weighted by Crippen LogP contribution is -2.33. The van der Waals surface area contributed by atoms with Gasteiger partial charge in [0, 0.05) is 29.1 Å². The molecule has 27 heavy (non-hydrogen) atoms. The third-order valence-electron chi connectivity index (χ3n) is 4.74. The average Bonchev–Trinajstić information content (AvgIpc) is 2.68. The zero-order valence-corrected chi connectivity index (χ0v) is 16.9. The van der Waals surface area contributed by atoms with Gasteiger partial charge in [0.2, 0.25) is 0 Å². The maximum Gasteiger partial charge on any atom is 0.254 e. The number of hydrogen-bond acceptors (Lipinski definition) is 2. The Morgan fingerprint density at radius 3 is 2.26 bits per heavy atom. The number of fused-ring (bicyclic) bond motifs is 1. The molecule has 0 N–H and O–H groups in total. The number of carbonyl (C=O) groups is 1. The number of benzene rings is 2. The number of carbonyl (C=O) groups excluding carboxylic acids is 1. The largest absolute Gasteiger partial charge is 0.339 e. The number of halogens is 1. The van der Waals surface area contributed by atoms with Gasteiger partial charge in [-0.1, -0.05) is 55.8 Å². The van der Waals surface area contributed by atoms with Gasteiger partial charge in [0.15, 0.2) is 0 Å². The first-order valence-electron chi connectivity index (χ1n) is 9.51. The normalized spacial score (nSPS) is 11.0. The molecule has 0 atom stereocenters. The molecule has 140 valence electrons. The smallest absolute Gasteiger partial charge is 0.254 e. The van der Waals surface area contributed by atoms with E-state index >= 15 is 0 Å². The van der Waals surface area contributed by atoms with Crippen LogP contribution in [0, 0.1) is 6.92 Å². The van der Waals surface area contributed by atoms with E-state index in [4.69, 9.17) is 16.6 Å². The van der Waals surface area contributed by atoms with Crippen molar-refractivity contribution < 1.29 is 4.79 Å². The molecule has 0 aliphatic heterocycles. The fourth-order valence-electron chi connectivity index (χ4n) is 3.48. The molecule has 3 rings (SSSR count). The van der Waals surface area contributed by atoms with Gasteiger partial charge in [0.05, 0.1) is 16.8 Å². The number of pyridine rings is 1. The molecule has 1 heterocycles. The summed E-state index contributed by atoms with van der Waals surface area (Å²) in [4.78, 5) is 20.3. The number of rotatable bonds is 6. The van der Waals surface area contributed by atoms with Crippen LogP contribution < -0.4 is 0 Å². The fourth-order valence-corrected chi connectivity index (χ4v) is 3.61. The summed E-state index contributed by atoms with van der Waals surface area (Å²) < 4.78 is 0. The van der Waals surface area contributed by atoms with Crippen LogP contribution in [0.4, 0.5) is 0 Å². The highest BCUT2D eigenvalue weighted by Crippen LogP contribution is 2.31. The van der Waals surface area contributed by atoms with E-state index in [9.17, 15) is 4.79 Å². The first-order valence-corrected chi connectivity index (χ1v) is 9.89. The molecule has 2 aromatic carbocycles. The minimum atomic E-state index is 0.0880. The molecular formula is C23H25ClN2O. The molecule has 0 saturated heterocycles. The fraction of sp³-hybridized carbons (Fsp3) is 0.304. The minimum Gasteiger partial charge on any atom is -0.339 e. The predicted molar refractivity (Wildman–Crippen MR) is 113 cm³/mol. The van der Waals surface area contributed by atoms with Crippen molar-refractivity contribution in [3.63, 3.8) is 0 Å². The van der Waals surface area contributed by atoms with E-state index in [0.29, 0.717) is 5.02 Å². The Kier molecular flexibility index (Phi) is 6.12. The second kappa shape index (κ2) is 8.53. The van der Waals surface area contributed by atoms with Gasteiger partial charge in [-0.25, -0.2) is 4.98 Å². The highest BCUT2D eigenvalue weighted by molar-refractivity contribution is 6.30. The predicted octanol–water partition coefficient (Wildman–Crippen LogP) is 6.13. The summed E-state index contributed by atoms with van der Waals surface area (Å²) in [5, 5.41) is 1.60. The molecule has 1 aromatic heterocycles. The van der Waals surface area contributed by atoms with Crippen molar-refractivity contribution in [2.75, 3.05) is 13.1 Å². The third kappa shape index (κ3) is 3.98. The number of amides is 1. The Morgan fingerprint density at radius 2 is 1.63 bits per heavy atom. The van der Waals surface area contributed by atoms with Crippen molar-refractivity contribution in [1.29, 1.82) is 0 Å². The van der Waals surface area contributed by atoms with Crippen molar-refractivity contribution >= 4 is 28.4 Å². The van der Waals surface area contributed by atoms with Crippen molar-refractivity contribution in [2.24, 2.45) is 0 Å². The first kappa shape index (κ1) is 19.4. The summed E-state index contributed by atoms with van der Waals surface area (Å²) in [7, 11) is 0. The Labute approximate surface area is 166 Å². The summed E-state index contributed by atoms with van der Waals surface area (Å²) in [6.07, 6.45) is 1.88. The Morgan fingerprint density at radius 1 is 1.00 bits per heavy atom. The van der Waals surface area contributed by atoms with Gasteiger partial charge < -0.3 is 4.90 Å². The molecule has 0 fully saturated rings. The van der Waals surface area contributed by atoms with E-state index in [1.807, 2.05) is 60.4 Å². The third-order valence-corrected chi connectivity index (χ3v) is 4.99. The molecule has 0 bridgehead atoms. The Bertz CT molecular complexity index is 944. The van der Waals surface area contributed by atoms with Gasteiger partial charge in [-0.3, -0.25) is 4.79 Å². The van der Waals surface area contributed by atoms with E-state index in [0.717, 1.165) is 59.2 Å². The van der Waals surface area contributed by atoms with Crippen LogP contribution >= 0.6 is 11.6 Å². The Hall–Kier alpha value is -2.39. The van der Waals surface area contributed by atoms with Crippen molar-refractivity contribution in [2.45, 2.75) is 33.6 Å². The molecular weight excluding hydrogens is 356 g/mol. The van der Waals surface area contributed by atoms with Crippen LogP contribution in [0.1, 0.15) is 42.6 Å². The van der Waals surface area contributed by atoms with Crippen LogP contribution in [0.25, 0.3) is 22.2 Å². The second-order valence-corrected chi connectivity index (χ2v) is 7.21. The van der Waals surface area contributed by atoms with Crippen LogP contribution in [0.5, 0.6) is 0 Å². The molecule has 3 aromatic rings. The molecule has 0 aliphatic carbocycles. The summed E-state index contributed by atoms with van der Waals surface area (Å²) >= 11 is 6.05. The minimum absolute atomic E-state index is 0.0880. The maximum atomic E-state index is 13.5. The summed E-state index contributed by atoms with van der Waals surface area (Å²) in [5.74, 6) is 0.0880. The lowest BCUT2D eigenvalue weighted by Gasteiger charge is -2.24. The topological polar surface area (TPSA) is 33.2 Å². The molecule has 3 nitrogen and oxygen atoms in total. The van der Waals surface area contributed by atoms with Gasteiger partial charge >= 0.3 is 0 Å². The Balaban J connectivity index is 2.22. The van der Waals surface area contributed by atoms with E-state index in [2.05, 4.69) is 13.8 Å². The summed E-state index contributed by atoms with van der Waals surface area (Å²) in [5.41, 5.74) is 4.31. The van der Waals surface area contributed by atoms with Crippen LogP contribution in [0.3, 0.4) is 0 Å². The number of hydrogen-bond donors (Lipinski definition) is 0. The quantitative estimate of drug-likeness (QED) is 0.515. The lowest BCUT2D eigenvalue weighted by molar-refractivity contribution is 0.0757. The molecule has 4 heteroatoms. The maximum absolute atomic E-state index is 13.5. The molecule has 0 aliphatic rings. The number of aromatic nitrogens is 1. The van der Waals surface area contributed by atoms with Crippen LogP contribution in [-0.4, -0.2) is 28.9 Å². The van der Waals surface area contributed by atoms with E-state index in [1.165, 1.54) is 0 Å². The standard InChI is InChI=1S/C23H25ClN2O/c1-4-14-26(15-5-2)23(27)21-16(3)22(17-10-12-18(24)13-11-17)25-20-9-7-6-8-19(20)21/h6-13H,4-5,14-15H2,1-3H3. The second-order valence-electron chi connectivity index (χ2n) is 6.78. The van der Waals surface area contributed by atoms with Crippen molar-refractivity contribution in [3.05, 3.63) is 64.7 Å². The molecule has 0 spiro atoms. The SMILES string of the molecule is CCCN(CCC)C(=O)c1c(C)c(-c2ccc(Cl)cc2)nc2ccccc12. The van der Waals surface area contributed by atoms with Gasteiger partial charge in [-0.05, 0) is 43.5 Å². The van der Waals surface area contributed by atoms with Crippen molar-refractivity contribution in [3.8, 4) is 11.3 Å². The van der Waals surface area contributed by atoms with Crippen molar-refractivity contribution in [1.82, 2.24) is 9.88 Å². The van der Waals surface area contributed by atoms with Crippen LogP contribution in [0.2, 0.25) is 5.02 Å². The highest BCUT2D eigenvalue weighted by atomic mass is 35.5. The van der Waals surface area contributed by atoms with Gasteiger partial charge in [0.25, 0.3) is 5.91 Å². The molecule has 0 radical (unpaired) electrons. The van der Waals surface area contributed by atoms with E-state index < -0.39 is 0 Å². The highest BCUT2D eigenvalue weighted by Gasteiger charge is 2.22. The van der Waals surface area contributed by atoms with E-state index in [-0.39, 0.29) is 5.91 Å². The lowest BCUT2D eigenvalue weighted by atomic mass is 9.96. The first-order chi connectivity index (χ1) is 13.1. The number of nitrogens with zero attached hydrogens (tertiary/aromatic N) is 2. The van der Waals surface area contributed by atoms with Gasteiger partial charge in [-0.15, -0.1) is 0 Å². The monoisotopic (exact) mass is 380 g/mol. The zero-order chi connectivity index (χ0) is 19.4. The van der Waals surface area contributed by atoms with Gasteiger partial charge in [0.1, 0.15) is 0 Å². The number of para-hydroxylation sites is 1. The zero-order valence-electron chi connectivity index (χ0n) is 16.1. The molecule has 0 unspecified atom stereocenters. The van der Waals surface area contributed by atoms with E-state index in [1.54, 1.807) is 0 Å². The van der Waals surface area contributed by atoms with Gasteiger partial charge in [-0.2, -0.15) is 0 Å². The van der Waals surface area contributed by atoms with Crippen LogP contribution in [0.15, 0.2) is 48.5 Å².